The van der Waals surface area contributed by atoms with Crippen LogP contribution in [-0.4, -0.2) is 48.4 Å². The van der Waals surface area contributed by atoms with Gasteiger partial charge < -0.3 is 15.0 Å². The minimum absolute atomic E-state index is 0.124. The van der Waals surface area contributed by atoms with E-state index in [9.17, 15) is 14.4 Å². The predicted molar refractivity (Wildman–Crippen MR) is 92.9 cm³/mol. The minimum Gasteiger partial charge on any atom is -0.466 e. The van der Waals surface area contributed by atoms with E-state index in [1.54, 1.807) is 18.2 Å². The summed E-state index contributed by atoms with van der Waals surface area (Å²) >= 11 is 2.13. The number of ether oxygens (including phenoxy) is 1. The van der Waals surface area contributed by atoms with Gasteiger partial charge in [-0.15, -0.1) is 0 Å². The van der Waals surface area contributed by atoms with Crippen molar-refractivity contribution in [3.8, 4) is 0 Å². The van der Waals surface area contributed by atoms with E-state index in [0.29, 0.717) is 31.7 Å². The molecule has 2 amide bonds. The van der Waals surface area contributed by atoms with Crippen molar-refractivity contribution in [1.29, 1.82) is 0 Å². The summed E-state index contributed by atoms with van der Waals surface area (Å²) in [5.41, 5.74) is 0.513. The van der Waals surface area contributed by atoms with E-state index in [1.807, 2.05) is 13.0 Å². The normalized spacial score (nSPS) is 17.6. The molecule has 1 saturated heterocycles. The topological polar surface area (TPSA) is 75.7 Å². The molecule has 0 spiro atoms. The highest BCUT2D eigenvalue weighted by Crippen LogP contribution is 2.16. The van der Waals surface area contributed by atoms with Crippen molar-refractivity contribution in [3.63, 3.8) is 0 Å². The summed E-state index contributed by atoms with van der Waals surface area (Å²) in [5, 5.41) is 2.70. The third kappa shape index (κ3) is 4.66. The van der Waals surface area contributed by atoms with E-state index < -0.39 is 12.0 Å². The summed E-state index contributed by atoms with van der Waals surface area (Å²) in [4.78, 5) is 38.1. The highest BCUT2D eigenvalue weighted by Gasteiger charge is 2.35. The van der Waals surface area contributed by atoms with Gasteiger partial charge in [0.05, 0.1) is 13.0 Å². The molecule has 1 aromatic carbocycles. The van der Waals surface area contributed by atoms with Gasteiger partial charge in [0.1, 0.15) is 6.04 Å². The molecule has 0 aliphatic carbocycles. The van der Waals surface area contributed by atoms with Crippen LogP contribution in [0.1, 0.15) is 30.1 Å². The molecule has 0 radical (unpaired) electrons. The first-order valence-corrected chi connectivity index (χ1v) is 8.60. The van der Waals surface area contributed by atoms with Crippen LogP contribution in [0.5, 0.6) is 0 Å². The second kappa shape index (κ2) is 8.28. The van der Waals surface area contributed by atoms with Crippen LogP contribution in [0.4, 0.5) is 0 Å². The molecular formula is C16H19IN2O4. The Morgan fingerprint density at radius 2 is 2.22 bits per heavy atom. The Morgan fingerprint density at radius 1 is 1.43 bits per heavy atom. The molecule has 0 saturated carbocycles. The monoisotopic (exact) mass is 430 g/mol. The third-order valence-electron chi connectivity index (χ3n) is 3.49. The smallest absolute Gasteiger partial charge is 0.308 e. The van der Waals surface area contributed by atoms with E-state index in [1.165, 1.54) is 4.90 Å². The van der Waals surface area contributed by atoms with Crippen molar-refractivity contribution < 1.29 is 19.1 Å². The molecule has 2 rings (SSSR count). The summed E-state index contributed by atoms with van der Waals surface area (Å²) in [5.74, 6) is -1.02. The molecule has 124 valence electrons. The molecule has 1 aliphatic rings. The van der Waals surface area contributed by atoms with Crippen molar-refractivity contribution in [3.05, 3.63) is 33.4 Å². The maximum Gasteiger partial charge on any atom is 0.308 e. The Bertz CT molecular complexity index is 605. The standard InChI is InChI=1S/C16H19IN2O4/c1-2-8-23-14(20)10-13-15(21)18-6-7-19(13)16(22)11-4-3-5-12(17)9-11/h3-5,9,13H,2,6-8,10H2,1H3,(H,18,21). The van der Waals surface area contributed by atoms with Crippen molar-refractivity contribution in [2.45, 2.75) is 25.8 Å². The SMILES string of the molecule is CCCOC(=O)CC1C(=O)NCCN1C(=O)c1cccc(I)c1. The fourth-order valence-corrected chi connectivity index (χ4v) is 2.92. The zero-order chi connectivity index (χ0) is 16.8. The first-order valence-electron chi connectivity index (χ1n) is 7.52. The van der Waals surface area contributed by atoms with Crippen molar-refractivity contribution in [2.24, 2.45) is 0 Å². The minimum atomic E-state index is -0.821. The average Bonchev–Trinajstić information content (AvgIpc) is 2.54. The molecule has 1 aromatic rings. The first kappa shape index (κ1) is 17.7. The second-order valence-electron chi connectivity index (χ2n) is 5.24. The molecule has 1 heterocycles. The fraction of sp³-hybridized carbons (Fsp3) is 0.438. The van der Waals surface area contributed by atoms with Gasteiger partial charge in [-0.05, 0) is 47.2 Å². The predicted octanol–water partition coefficient (Wildman–Crippen LogP) is 1.58. The molecule has 0 aromatic heterocycles. The lowest BCUT2D eigenvalue weighted by molar-refractivity contribution is -0.147. The molecule has 7 heteroatoms. The van der Waals surface area contributed by atoms with E-state index in [-0.39, 0.29) is 18.2 Å². The van der Waals surface area contributed by atoms with Gasteiger partial charge in [0.15, 0.2) is 0 Å². The van der Waals surface area contributed by atoms with E-state index in [0.717, 1.165) is 3.57 Å². The maximum absolute atomic E-state index is 12.7. The fourth-order valence-electron chi connectivity index (χ4n) is 2.38. The first-order chi connectivity index (χ1) is 11.0. The number of halogens is 1. The molecule has 23 heavy (non-hydrogen) atoms. The van der Waals surface area contributed by atoms with Crippen LogP contribution in [0.2, 0.25) is 0 Å². The molecule has 0 bridgehead atoms. The van der Waals surface area contributed by atoms with E-state index >= 15 is 0 Å². The van der Waals surface area contributed by atoms with Gasteiger partial charge in [0, 0.05) is 22.2 Å². The summed E-state index contributed by atoms with van der Waals surface area (Å²) in [6.45, 7) is 2.97. The van der Waals surface area contributed by atoms with E-state index in [4.69, 9.17) is 4.74 Å². The van der Waals surface area contributed by atoms with Crippen LogP contribution >= 0.6 is 22.6 Å². The maximum atomic E-state index is 12.7. The van der Waals surface area contributed by atoms with E-state index in [2.05, 4.69) is 27.9 Å². The van der Waals surface area contributed by atoms with Gasteiger partial charge in [0.2, 0.25) is 5.91 Å². The van der Waals surface area contributed by atoms with Crippen molar-refractivity contribution >= 4 is 40.4 Å². The van der Waals surface area contributed by atoms with Crippen LogP contribution in [0.25, 0.3) is 0 Å². The highest BCUT2D eigenvalue weighted by molar-refractivity contribution is 14.1. The lowest BCUT2D eigenvalue weighted by Crippen LogP contribution is -2.57. The lowest BCUT2D eigenvalue weighted by Gasteiger charge is -2.34. The number of piperazine rings is 1. The summed E-state index contributed by atoms with van der Waals surface area (Å²) in [6.07, 6.45) is 0.592. The van der Waals surface area contributed by atoms with Crippen LogP contribution in [0.15, 0.2) is 24.3 Å². The molecule has 1 atom stereocenters. The molecule has 1 unspecified atom stereocenters. The number of amides is 2. The number of carbonyl (C=O) groups excluding carboxylic acids is 3. The number of rotatable bonds is 5. The number of esters is 1. The average molecular weight is 430 g/mol. The van der Waals surface area contributed by atoms with Gasteiger partial charge in [-0.3, -0.25) is 14.4 Å². The van der Waals surface area contributed by atoms with Gasteiger partial charge in [-0.25, -0.2) is 0 Å². The van der Waals surface area contributed by atoms with Crippen molar-refractivity contribution in [2.75, 3.05) is 19.7 Å². The van der Waals surface area contributed by atoms with Crippen LogP contribution in [-0.2, 0) is 14.3 Å². The number of hydrogen-bond donors (Lipinski definition) is 1. The summed E-state index contributed by atoms with van der Waals surface area (Å²) in [6, 6.07) is 6.34. The molecule has 1 aliphatic heterocycles. The lowest BCUT2D eigenvalue weighted by atomic mass is 10.1. The zero-order valence-corrected chi connectivity index (χ0v) is 15.0. The third-order valence-corrected chi connectivity index (χ3v) is 4.16. The zero-order valence-electron chi connectivity index (χ0n) is 12.9. The number of hydrogen-bond acceptors (Lipinski definition) is 4. The molecule has 1 N–H and O–H groups in total. The van der Waals surface area contributed by atoms with Crippen molar-refractivity contribution in [1.82, 2.24) is 10.2 Å². The summed E-state index contributed by atoms with van der Waals surface area (Å²) < 4.78 is 5.98. The Morgan fingerprint density at radius 3 is 2.91 bits per heavy atom. The van der Waals surface area contributed by atoms with Crippen LogP contribution in [0, 0.1) is 3.57 Å². The molecular weight excluding hydrogens is 411 g/mol. The number of carbonyl (C=O) groups is 3. The number of nitrogens with one attached hydrogen (secondary N) is 1. The Hall–Kier alpha value is -1.64. The summed E-state index contributed by atoms with van der Waals surface area (Å²) in [7, 11) is 0. The largest absolute Gasteiger partial charge is 0.466 e. The number of nitrogens with zero attached hydrogens (tertiary/aromatic N) is 1. The Labute approximate surface area is 148 Å². The van der Waals surface area contributed by atoms with Crippen LogP contribution < -0.4 is 5.32 Å². The van der Waals surface area contributed by atoms with Gasteiger partial charge in [-0.2, -0.15) is 0 Å². The number of benzene rings is 1. The Balaban J connectivity index is 2.14. The van der Waals surface area contributed by atoms with Gasteiger partial charge in [-0.1, -0.05) is 13.0 Å². The molecule has 1 fully saturated rings. The van der Waals surface area contributed by atoms with Crippen LogP contribution in [0.3, 0.4) is 0 Å². The van der Waals surface area contributed by atoms with Gasteiger partial charge in [0.25, 0.3) is 5.91 Å². The highest BCUT2D eigenvalue weighted by atomic mass is 127. The molecule has 6 nitrogen and oxygen atoms in total. The Kier molecular flexibility index (Phi) is 6.37. The quantitative estimate of drug-likeness (QED) is 0.569. The van der Waals surface area contributed by atoms with Gasteiger partial charge >= 0.3 is 5.97 Å². The second-order valence-corrected chi connectivity index (χ2v) is 6.49.